The van der Waals surface area contributed by atoms with E-state index in [4.69, 9.17) is 11.6 Å². The van der Waals surface area contributed by atoms with Crippen LogP contribution in [0.4, 0.5) is 20.2 Å². The zero-order chi connectivity index (χ0) is 28.9. The largest absolute Gasteiger partial charge is 0.383 e. The lowest BCUT2D eigenvalue weighted by atomic mass is 9.95. The maximum Gasteiger partial charge on any atom is 0.262 e. The second kappa shape index (κ2) is 10.3. The van der Waals surface area contributed by atoms with Crippen LogP contribution in [0.5, 0.6) is 0 Å². The van der Waals surface area contributed by atoms with Crippen molar-refractivity contribution in [2.45, 2.75) is 64.7 Å². The van der Waals surface area contributed by atoms with Crippen LogP contribution < -0.4 is 26.9 Å². The van der Waals surface area contributed by atoms with Gasteiger partial charge in [0.1, 0.15) is 11.6 Å². The van der Waals surface area contributed by atoms with E-state index < -0.39 is 18.0 Å². The topological polar surface area (TPSA) is 100 Å². The summed E-state index contributed by atoms with van der Waals surface area (Å²) in [6.45, 7) is 8.48. The Balaban J connectivity index is 1.43. The summed E-state index contributed by atoms with van der Waals surface area (Å²) in [6, 6.07) is 11.8. The summed E-state index contributed by atoms with van der Waals surface area (Å²) < 4.78 is 27.8. The Hall–Kier alpha value is -3.65. The Morgan fingerprint density at radius 2 is 2.02 bits per heavy atom. The van der Waals surface area contributed by atoms with Gasteiger partial charge in [0.15, 0.2) is 0 Å². The molecule has 0 amide bonds. The standard InChI is InChI=1S/C30H33ClF2N8/c1-29(2,3)16-37-25-18(11-34)13-36-26-21(25)9-19(10-23(26)31)38-27(20-6-4-5-17-12-35-14-22(17)20)24-15-41(40-39-24)30(7-8-30)28(32)33/h4-6,9-10,13,15,27-28,35,38-40H,7-8,12,14,16H2,1-3H3,(H,36,37)/t27-/m0/s1. The molecule has 1 aliphatic carbocycles. The van der Waals surface area contributed by atoms with E-state index in [1.807, 2.05) is 18.2 Å². The molecule has 1 saturated carbocycles. The summed E-state index contributed by atoms with van der Waals surface area (Å²) in [7, 11) is 0. The van der Waals surface area contributed by atoms with Gasteiger partial charge in [0, 0.05) is 43.1 Å². The Bertz CT molecular complexity index is 1570. The van der Waals surface area contributed by atoms with Gasteiger partial charge in [-0.3, -0.25) is 9.99 Å². The maximum absolute atomic E-state index is 13.9. The molecule has 0 saturated heterocycles. The summed E-state index contributed by atoms with van der Waals surface area (Å²) in [5.74, 6) is 0. The molecule has 6 rings (SSSR count). The van der Waals surface area contributed by atoms with E-state index in [1.54, 1.807) is 12.4 Å². The molecule has 1 aromatic heterocycles. The number of alkyl halides is 2. The zero-order valence-electron chi connectivity index (χ0n) is 23.2. The van der Waals surface area contributed by atoms with Gasteiger partial charge in [-0.05, 0) is 47.1 Å². The molecular weight excluding hydrogens is 546 g/mol. The van der Waals surface area contributed by atoms with Gasteiger partial charge < -0.3 is 21.4 Å². The average Bonchev–Trinajstić information content (AvgIpc) is 3.35. The Kier molecular flexibility index (Phi) is 6.92. The van der Waals surface area contributed by atoms with Crippen LogP contribution in [-0.4, -0.2) is 28.5 Å². The lowest BCUT2D eigenvalue weighted by Crippen LogP contribution is -2.48. The highest BCUT2D eigenvalue weighted by Crippen LogP contribution is 2.47. The van der Waals surface area contributed by atoms with Gasteiger partial charge in [0.25, 0.3) is 6.43 Å². The predicted molar refractivity (Wildman–Crippen MR) is 157 cm³/mol. The normalized spacial score (nSPS) is 18.1. The van der Waals surface area contributed by atoms with E-state index in [1.165, 1.54) is 16.1 Å². The van der Waals surface area contributed by atoms with E-state index in [9.17, 15) is 14.0 Å². The molecule has 8 nitrogen and oxygen atoms in total. The number of fused-ring (bicyclic) bond motifs is 2. The third-order valence-electron chi connectivity index (χ3n) is 7.94. The highest BCUT2D eigenvalue weighted by Gasteiger charge is 2.56. The molecule has 2 aromatic carbocycles. The Labute approximate surface area is 243 Å². The van der Waals surface area contributed by atoms with Crippen LogP contribution in [0.15, 0.2) is 48.4 Å². The number of benzene rings is 2. The van der Waals surface area contributed by atoms with E-state index in [2.05, 4.69) is 70.9 Å². The molecule has 3 aliphatic rings. The van der Waals surface area contributed by atoms with Crippen LogP contribution in [0.2, 0.25) is 5.02 Å². The van der Waals surface area contributed by atoms with Gasteiger partial charge in [-0.2, -0.15) is 5.26 Å². The fourth-order valence-electron chi connectivity index (χ4n) is 5.50. The Morgan fingerprint density at radius 1 is 1.22 bits per heavy atom. The van der Waals surface area contributed by atoms with Crippen molar-refractivity contribution in [2.75, 3.05) is 17.2 Å². The molecule has 0 unspecified atom stereocenters. The SMILES string of the molecule is CC(C)(C)CNc1c(C#N)cnc2c(Cl)cc(N[C@H](C3=CN(C4(C(F)F)CC4)NN3)c3cccc4c3CNC4)cc12. The summed E-state index contributed by atoms with van der Waals surface area (Å²) in [5, 5.41) is 23.0. The van der Waals surface area contributed by atoms with Gasteiger partial charge in [-0.1, -0.05) is 50.6 Å². The van der Waals surface area contributed by atoms with Crippen molar-refractivity contribution >= 4 is 33.9 Å². The van der Waals surface area contributed by atoms with E-state index >= 15 is 0 Å². The number of hydrogen-bond donors (Lipinski definition) is 5. The van der Waals surface area contributed by atoms with Crippen molar-refractivity contribution in [3.63, 3.8) is 0 Å². The fourth-order valence-corrected chi connectivity index (χ4v) is 5.77. The second-order valence-corrected chi connectivity index (χ2v) is 12.6. The third kappa shape index (κ3) is 5.14. The summed E-state index contributed by atoms with van der Waals surface area (Å²) in [6.07, 6.45) is 1.66. The van der Waals surface area contributed by atoms with E-state index in [0.29, 0.717) is 59.1 Å². The predicted octanol–water partition coefficient (Wildman–Crippen LogP) is 5.94. The maximum atomic E-state index is 13.9. The number of hydrazine groups is 2. The molecule has 0 spiro atoms. The second-order valence-electron chi connectivity index (χ2n) is 12.2. The van der Waals surface area contributed by atoms with Gasteiger partial charge in [0.05, 0.1) is 33.5 Å². The molecule has 0 bridgehead atoms. The van der Waals surface area contributed by atoms with Crippen LogP contribution >= 0.6 is 11.6 Å². The minimum Gasteiger partial charge on any atom is -0.383 e. The lowest BCUT2D eigenvalue weighted by molar-refractivity contribution is 0.00911. The monoisotopic (exact) mass is 578 g/mol. The van der Waals surface area contributed by atoms with Crippen LogP contribution in [0.3, 0.4) is 0 Å². The number of rotatable bonds is 8. The average molecular weight is 579 g/mol. The van der Waals surface area contributed by atoms with Gasteiger partial charge in [0.2, 0.25) is 0 Å². The number of anilines is 2. The lowest BCUT2D eigenvalue weighted by Gasteiger charge is -2.25. The minimum atomic E-state index is -2.47. The first-order chi connectivity index (χ1) is 19.6. The summed E-state index contributed by atoms with van der Waals surface area (Å²) in [5.41, 5.74) is 11.4. The third-order valence-corrected chi connectivity index (χ3v) is 8.23. The van der Waals surface area contributed by atoms with Crippen LogP contribution in [-0.2, 0) is 13.1 Å². The molecule has 41 heavy (non-hydrogen) atoms. The number of hydrogen-bond acceptors (Lipinski definition) is 8. The van der Waals surface area contributed by atoms with Crippen LogP contribution in [0, 0.1) is 16.7 Å². The number of pyridine rings is 1. The first-order valence-electron chi connectivity index (χ1n) is 13.7. The molecule has 214 valence electrons. The van der Waals surface area contributed by atoms with Crippen molar-refractivity contribution < 1.29 is 8.78 Å². The highest BCUT2D eigenvalue weighted by molar-refractivity contribution is 6.35. The first kappa shape index (κ1) is 27.5. The van der Waals surface area contributed by atoms with E-state index in [-0.39, 0.29) is 5.41 Å². The van der Waals surface area contributed by atoms with E-state index in [0.717, 1.165) is 17.5 Å². The van der Waals surface area contributed by atoms with Gasteiger partial charge >= 0.3 is 0 Å². The van der Waals surface area contributed by atoms with Crippen molar-refractivity contribution in [1.82, 2.24) is 26.3 Å². The Morgan fingerprint density at radius 3 is 2.73 bits per heavy atom. The first-order valence-corrected chi connectivity index (χ1v) is 14.1. The highest BCUT2D eigenvalue weighted by atomic mass is 35.5. The molecule has 11 heteroatoms. The zero-order valence-corrected chi connectivity index (χ0v) is 24.0. The van der Waals surface area contributed by atoms with Crippen LogP contribution in [0.1, 0.15) is 61.9 Å². The van der Waals surface area contributed by atoms with Gasteiger partial charge in [-0.15, -0.1) is 5.53 Å². The summed E-state index contributed by atoms with van der Waals surface area (Å²) in [4.78, 5) is 4.48. The quantitative estimate of drug-likeness (QED) is 0.224. The molecule has 3 aromatic rings. The van der Waals surface area contributed by atoms with Crippen molar-refractivity contribution in [2.24, 2.45) is 5.41 Å². The number of nitriles is 1. The van der Waals surface area contributed by atoms with Gasteiger partial charge in [-0.25, -0.2) is 8.78 Å². The minimum absolute atomic E-state index is 0.0224. The summed E-state index contributed by atoms with van der Waals surface area (Å²) >= 11 is 6.77. The number of halogens is 3. The molecule has 3 heterocycles. The smallest absolute Gasteiger partial charge is 0.262 e. The molecule has 0 radical (unpaired) electrons. The number of nitrogens with one attached hydrogen (secondary N) is 5. The van der Waals surface area contributed by atoms with Crippen molar-refractivity contribution in [1.29, 1.82) is 5.26 Å². The fraction of sp³-hybridized carbons (Fsp3) is 0.400. The molecule has 1 fully saturated rings. The van der Waals surface area contributed by atoms with Crippen molar-refractivity contribution in [3.8, 4) is 6.07 Å². The molecule has 1 atom stereocenters. The van der Waals surface area contributed by atoms with Crippen LogP contribution in [0.25, 0.3) is 10.9 Å². The molecule has 5 N–H and O–H groups in total. The number of nitrogens with zero attached hydrogens (tertiary/aromatic N) is 3. The van der Waals surface area contributed by atoms with Crippen molar-refractivity contribution in [3.05, 3.63) is 75.7 Å². The molecular formula is C30H33ClF2N8. The number of aromatic nitrogens is 1. The molecule has 2 aliphatic heterocycles.